The fourth-order valence-electron chi connectivity index (χ4n) is 3.72. The van der Waals surface area contributed by atoms with Crippen molar-refractivity contribution in [2.75, 3.05) is 43.5 Å². The maximum atomic E-state index is 12.8. The van der Waals surface area contributed by atoms with Gasteiger partial charge in [0.25, 0.3) is 5.88 Å². The van der Waals surface area contributed by atoms with Crippen molar-refractivity contribution < 1.29 is 9.53 Å². The van der Waals surface area contributed by atoms with E-state index in [1.165, 1.54) is 23.9 Å². The average molecular weight is 426 g/mol. The Morgan fingerprint density at radius 2 is 1.70 bits per heavy atom. The molecule has 1 saturated heterocycles. The number of nitrogens with zero attached hydrogens (tertiary/aromatic N) is 4. The Balaban J connectivity index is 1.46. The summed E-state index contributed by atoms with van der Waals surface area (Å²) in [5.74, 6) is 0.557. The molecule has 4 rings (SSSR count). The molecule has 2 heterocycles. The maximum Gasteiger partial charge on any atom is 0.323 e. The van der Waals surface area contributed by atoms with E-state index in [0.29, 0.717) is 29.1 Å². The van der Waals surface area contributed by atoms with Crippen molar-refractivity contribution in [2.45, 2.75) is 13.8 Å². The molecule has 1 fully saturated rings. The number of hydrogen-bond donors (Lipinski definition) is 1. The smallest absolute Gasteiger partial charge is 0.323 e. The minimum absolute atomic E-state index is 0.218. The minimum atomic E-state index is -0.218. The number of carbonyl (C=O) groups is 1. The van der Waals surface area contributed by atoms with Gasteiger partial charge < -0.3 is 14.5 Å². The molecule has 0 unspecified atom stereocenters. The van der Waals surface area contributed by atoms with Gasteiger partial charge in [-0.15, -0.1) is 0 Å². The molecule has 0 radical (unpaired) electrons. The van der Waals surface area contributed by atoms with E-state index in [0.717, 1.165) is 13.1 Å². The van der Waals surface area contributed by atoms with E-state index in [9.17, 15) is 4.79 Å². The summed E-state index contributed by atoms with van der Waals surface area (Å²) in [5.41, 5.74) is 4.93. The van der Waals surface area contributed by atoms with Crippen LogP contribution in [0.25, 0.3) is 11.0 Å². The number of aryl methyl sites for hydroxylation is 2. The SMILES string of the molecule is COc1nc2ccc(Cl)cc2nc1NC(=O)N1CCN(c2cc(C)cc(C)c2)CC1. The van der Waals surface area contributed by atoms with E-state index in [4.69, 9.17) is 16.3 Å². The number of fused-ring (bicyclic) bond motifs is 1. The zero-order valence-corrected chi connectivity index (χ0v) is 18.0. The number of piperazine rings is 1. The molecule has 7 nitrogen and oxygen atoms in total. The molecule has 0 atom stereocenters. The van der Waals surface area contributed by atoms with Crippen LogP contribution in [-0.2, 0) is 0 Å². The number of nitrogens with one attached hydrogen (secondary N) is 1. The van der Waals surface area contributed by atoms with Crippen molar-refractivity contribution in [1.82, 2.24) is 14.9 Å². The van der Waals surface area contributed by atoms with Crippen LogP contribution in [0, 0.1) is 13.8 Å². The molecule has 1 N–H and O–H groups in total. The van der Waals surface area contributed by atoms with Gasteiger partial charge in [0, 0.05) is 36.9 Å². The lowest BCUT2D eigenvalue weighted by atomic mass is 10.1. The first-order valence-corrected chi connectivity index (χ1v) is 10.2. The largest absolute Gasteiger partial charge is 0.478 e. The summed E-state index contributed by atoms with van der Waals surface area (Å²) >= 11 is 6.06. The Bertz CT molecular complexity index is 1080. The normalized spacial score (nSPS) is 14.1. The Kier molecular flexibility index (Phi) is 5.63. The summed E-state index contributed by atoms with van der Waals surface area (Å²) in [6.07, 6.45) is 0. The predicted molar refractivity (Wildman–Crippen MR) is 120 cm³/mol. The molecular formula is C22H24ClN5O2. The standard InChI is InChI=1S/C22H24ClN5O2/c1-14-10-15(2)12-17(11-14)27-6-8-28(9-7-27)22(29)26-20-21(30-3)25-18-5-4-16(23)13-19(18)24-20/h4-5,10-13H,6-9H2,1-3H3,(H,24,26,29). The molecule has 1 aromatic heterocycles. The van der Waals surface area contributed by atoms with Crippen LogP contribution in [-0.4, -0.2) is 54.2 Å². The predicted octanol–water partition coefficient (Wildman–Crippen LogP) is 4.26. The van der Waals surface area contributed by atoms with Crippen LogP contribution in [0.3, 0.4) is 0 Å². The molecule has 1 aliphatic rings. The Labute approximate surface area is 180 Å². The molecule has 1 aliphatic heterocycles. The number of hydrogen-bond acceptors (Lipinski definition) is 5. The summed E-state index contributed by atoms with van der Waals surface area (Å²) in [6.45, 7) is 6.98. The van der Waals surface area contributed by atoms with E-state index >= 15 is 0 Å². The second kappa shape index (κ2) is 8.36. The molecule has 0 saturated carbocycles. The van der Waals surface area contributed by atoms with Gasteiger partial charge in [0.1, 0.15) is 0 Å². The molecule has 0 bridgehead atoms. The zero-order valence-electron chi connectivity index (χ0n) is 17.3. The minimum Gasteiger partial charge on any atom is -0.478 e. The third-order valence-electron chi connectivity index (χ3n) is 5.15. The van der Waals surface area contributed by atoms with Gasteiger partial charge in [-0.25, -0.2) is 14.8 Å². The van der Waals surface area contributed by atoms with Gasteiger partial charge in [-0.3, -0.25) is 5.32 Å². The molecule has 0 spiro atoms. The number of aromatic nitrogens is 2. The Morgan fingerprint density at radius 3 is 2.37 bits per heavy atom. The third-order valence-corrected chi connectivity index (χ3v) is 5.39. The van der Waals surface area contributed by atoms with E-state index < -0.39 is 0 Å². The third kappa shape index (κ3) is 4.26. The molecule has 2 aromatic carbocycles. The first-order chi connectivity index (χ1) is 14.4. The summed E-state index contributed by atoms with van der Waals surface area (Å²) < 4.78 is 5.32. The molecule has 30 heavy (non-hydrogen) atoms. The maximum absolute atomic E-state index is 12.8. The number of methoxy groups -OCH3 is 1. The number of halogens is 1. The summed E-state index contributed by atoms with van der Waals surface area (Å²) in [4.78, 5) is 25.8. The lowest BCUT2D eigenvalue weighted by Crippen LogP contribution is -2.50. The second-order valence-electron chi connectivity index (χ2n) is 7.46. The summed E-state index contributed by atoms with van der Waals surface area (Å²) in [6, 6.07) is 11.5. The van der Waals surface area contributed by atoms with Crippen LogP contribution in [0.4, 0.5) is 16.3 Å². The van der Waals surface area contributed by atoms with E-state index in [1.54, 1.807) is 23.1 Å². The quantitative estimate of drug-likeness (QED) is 0.678. The number of anilines is 2. The highest BCUT2D eigenvalue weighted by molar-refractivity contribution is 6.31. The van der Waals surface area contributed by atoms with Crippen LogP contribution >= 0.6 is 11.6 Å². The highest BCUT2D eigenvalue weighted by Gasteiger charge is 2.23. The fraction of sp³-hybridized carbons (Fsp3) is 0.318. The fourth-order valence-corrected chi connectivity index (χ4v) is 3.88. The summed E-state index contributed by atoms with van der Waals surface area (Å²) in [7, 11) is 1.50. The molecular weight excluding hydrogens is 402 g/mol. The number of ether oxygens (including phenoxy) is 1. The van der Waals surface area contributed by atoms with Gasteiger partial charge in [0.05, 0.1) is 18.1 Å². The van der Waals surface area contributed by atoms with E-state index in [1.807, 2.05) is 0 Å². The van der Waals surface area contributed by atoms with Crippen LogP contribution < -0.4 is 15.0 Å². The lowest BCUT2D eigenvalue weighted by Gasteiger charge is -2.36. The monoisotopic (exact) mass is 425 g/mol. The number of rotatable bonds is 3. The van der Waals surface area contributed by atoms with E-state index in [-0.39, 0.29) is 17.7 Å². The molecule has 2 amide bonds. The molecule has 3 aromatic rings. The lowest BCUT2D eigenvalue weighted by molar-refractivity contribution is 0.208. The number of amides is 2. The first kappa shape index (κ1) is 20.2. The van der Waals surface area contributed by atoms with Crippen LogP contribution in [0.2, 0.25) is 5.02 Å². The molecule has 8 heteroatoms. The van der Waals surface area contributed by atoms with Crippen LogP contribution in [0.5, 0.6) is 5.88 Å². The zero-order chi connectivity index (χ0) is 21.3. The average Bonchev–Trinajstić information content (AvgIpc) is 2.72. The van der Waals surface area contributed by atoms with Gasteiger partial charge in [-0.1, -0.05) is 17.7 Å². The summed E-state index contributed by atoms with van der Waals surface area (Å²) in [5, 5.41) is 3.40. The molecule has 156 valence electrons. The van der Waals surface area contributed by atoms with Crippen molar-refractivity contribution in [3.63, 3.8) is 0 Å². The highest BCUT2D eigenvalue weighted by atomic mass is 35.5. The van der Waals surface area contributed by atoms with Crippen molar-refractivity contribution in [3.8, 4) is 5.88 Å². The molecule has 0 aliphatic carbocycles. The van der Waals surface area contributed by atoms with Gasteiger partial charge >= 0.3 is 6.03 Å². The van der Waals surface area contributed by atoms with Crippen molar-refractivity contribution >= 4 is 40.2 Å². The first-order valence-electron chi connectivity index (χ1n) is 9.83. The topological polar surface area (TPSA) is 70.6 Å². The van der Waals surface area contributed by atoms with Gasteiger partial charge in [-0.2, -0.15) is 0 Å². The van der Waals surface area contributed by atoms with Crippen molar-refractivity contribution in [2.24, 2.45) is 0 Å². The van der Waals surface area contributed by atoms with Crippen LogP contribution in [0.1, 0.15) is 11.1 Å². The highest BCUT2D eigenvalue weighted by Crippen LogP contribution is 2.26. The van der Waals surface area contributed by atoms with Crippen LogP contribution in [0.15, 0.2) is 36.4 Å². The number of benzene rings is 2. The van der Waals surface area contributed by atoms with Crippen molar-refractivity contribution in [1.29, 1.82) is 0 Å². The van der Waals surface area contributed by atoms with Gasteiger partial charge in [-0.05, 0) is 55.3 Å². The second-order valence-corrected chi connectivity index (χ2v) is 7.90. The number of urea groups is 1. The Hall–Kier alpha value is -3.06. The number of carbonyl (C=O) groups excluding carboxylic acids is 1. The van der Waals surface area contributed by atoms with Gasteiger partial charge in [0.15, 0.2) is 5.82 Å². The van der Waals surface area contributed by atoms with Gasteiger partial charge in [0.2, 0.25) is 0 Å². The van der Waals surface area contributed by atoms with Crippen molar-refractivity contribution in [3.05, 3.63) is 52.5 Å². The van der Waals surface area contributed by atoms with E-state index in [2.05, 4.69) is 52.2 Å². The Morgan fingerprint density at radius 1 is 1.00 bits per heavy atom.